The van der Waals surface area contributed by atoms with Gasteiger partial charge in [-0.25, -0.2) is 4.57 Å². The Kier molecular flexibility index (Phi) is 29.8. The van der Waals surface area contributed by atoms with Gasteiger partial charge in [0.25, 0.3) is 0 Å². The molecule has 3 unspecified atom stereocenters. The molecule has 8 nitrogen and oxygen atoms in total. The first-order chi connectivity index (χ1) is 22.0. The summed E-state index contributed by atoms with van der Waals surface area (Å²) in [6.45, 7) is 4.78. The molecule has 0 saturated carbocycles. The van der Waals surface area contributed by atoms with Gasteiger partial charge in [-0.3, -0.25) is 13.8 Å². The third kappa shape index (κ3) is 31.8. The number of likely N-dealkylation sites (N-methyl/N-ethyl adjacent to an activating group) is 1. The van der Waals surface area contributed by atoms with Gasteiger partial charge in [0.1, 0.15) is 13.2 Å². The highest BCUT2D eigenvalue weighted by Gasteiger charge is 2.27. The predicted molar refractivity (Wildman–Crippen MR) is 194 cm³/mol. The van der Waals surface area contributed by atoms with Crippen LogP contribution in [0.1, 0.15) is 168 Å². The van der Waals surface area contributed by atoms with Gasteiger partial charge in [0.2, 0.25) is 5.91 Å². The van der Waals surface area contributed by atoms with Crippen molar-refractivity contribution >= 4 is 13.7 Å². The van der Waals surface area contributed by atoms with Crippen LogP contribution in [0, 0.1) is 0 Å². The van der Waals surface area contributed by atoms with Gasteiger partial charge in [-0.15, -0.1) is 0 Å². The highest BCUT2D eigenvalue weighted by atomic mass is 31.2. The number of aliphatic hydroxyl groups excluding tert-OH is 1. The summed E-state index contributed by atoms with van der Waals surface area (Å²) in [6.07, 6.45) is 31.2. The van der Waals surface area contributed by atoms with Gasteiger partial charge in [0.05, 0.1) is 39.9 Å². The zero-order valence-electron chi connectivity index (χ0n) is 30.8. The maximum atomic E-state index is 12.7. The van der Waals surface area contributed by atoms with E-state index in [1.54, 1.807) is 6.08 Å². The van der Waals surface area contributed by atoms with E-state index in [1.807, 2.05) is 27.2 Å². The molecule has 0 bridgehead atoms. The smallest absolute Gasteiger partial charge is 0.387 e. The molecule has 0 radical (unpaired) electrons. The molecule has 3 atom stereocenters. The van der Waals surface area contributed by atoms with Gasteiger partial charge in [0, 0.05) is 6.42 Å². The lowest BCUT2D eigenvalue weighted by Crippen LogP contribution is -2.45. The summed E-state index contributed by atoms with van der Waals surface area (Å²) in [4.78, 5) is 22.9. The zero-order valence-corrected chi connectivity index (χ0v) is 31.7. The Bertz CT molecular complexity index is 773. The van der Waals surface area contributed by atoms with Crippen molar-refractivity contribution in [1.82, 2.24) is 5.32 Å². The molecule has 3 N–H and O–H groups in total. The number of phosphoric acid groups is 1. The third-order valence-corrected chi connectivity index (χ3v) is 9.49. The van der Waals surface area contributed by atoms with Crippen molar-refractivity contribution in [2.75, 3.05) is 40.9 Å². The summed E-state index contributed by atoms with van der Waals surface area (Å²) in [6, 6.07) is -0.837. The number of quaternary nitrogens is 1. The topological polar surface area (TPSA) is 105 Å². The lowest BCUT2D eigenvalue weighted by Gasteiger charge is -2.25. The van der Waals surface area contributed by atoms with Crippen LogP contribution in [0.25, 0.3) is 0 Å². The molecule has 0 aliphatic heterocycles. The van der Waals surface area contributed by atoms with E-state index in [0.29, 0.717) is 17.4 Å². The lowest BCUT2D eigenvalue weighted by atomic mass is 10.0. The zero-order chi connectivity index (χ0) is 34.4. The van der Waals surface area contributed by atoms with Crippen LogP contribution in [-0.4, -0.2) is 73.4 Å². The number of nitrogens with one attached hydrogen (secondary N) is 1. The monoisotopic (exact) mass is 676 g/mol. The minimum atomic E-state index is -4.32. The van der Waals surface area contributed by atoms with E-state index in [9.17, 15) is 19.4 Å². The predicted octanol–water partition coefficient (Wildman–Crippen LogP) is 9.63. The van der Waals surface area contributed by atoms with Gasteiger partial charge >= 0.3 is 7.82 Å². The second-order valence-electron chi connectivity index (χ2n) is 14.3. The molecule has 0 aromatic rings. The molecule has 0 saturated heterocycles. The van der Waals surface area contributed by atoms with Crippen molar-refractivity contribution in [3.63, 3.8) is 0 Å². The summed E-state index contributed by atoms with van der Waals surface area (Å²) < 4.78 is 23.4. The summed E-state index contributed by atoms with van der Waals surface area (Å²) in [5.41, 5.74) is 0. The Morgan fingerprint density at radius 1 is 0.717 bits per heavy atom. The Morgan fingerprint density at radius 2 is 1.15 bits per heavy atom. The first-order valence-electron chi connectivity index (χ1n) is 19.1. The lowest BCUT2D eigenvalue weighted by molar-refractivity contribution is -0.870. The van der Waals surface area contributed by atoms with E-state index >= 15 is 0 Å². The van der Waals surface area contributed by atoms with Crippen molar-refractivity contribution in [3.8, 4) is 0 Å². The average molecular weight is 676 g/mol. The van der Waals surface area contributed by atoms with Crippen LogP contribution in [0.4, 0.5) is 0 Å². The van der Waals surface area contributed by atoms with E-state index in [2.05, 4.69) is 19.2 Å². The Balaban J connectivity index is 4.53. The molecule has 0 heterocycles. The van der Waals surface area contributed by atoms with E-state index in [-0.39, 0.29) is 19.1 Å². The second kappa shape index (κ2) is 30.3. The van der Waals surface area contributed by atoms with Gasteiger partial charge < -0.3 is 19.8 Å². The van der Waals surface area contributed by atoms with Crippen LogP contribution in [-0.2, 0) is 18.4 Å². The molecule has 46 heavy (non-hydrogen) atoms. The normalized spacial score (nSPS) is 14.8. The van der Waals surface area contributed by atoms with E-state index in [0.717, 1.165) is 38.5 Å². The quantitative estimate of drug-likeness (QED) is 0.0272. The van der Waals surface area contributed by atoms with Gasteiger partial charge in [-0.05, 0) is 19.3 Å². The van der Waals surface area contributed by atoms with E-state index in [4.69, 9.17) is 9.05 Å². The average Bonchev–Trinajstić information content (AvgIpc) is 2.99. The number of carbonyl (C=O) groups is 1. The number of hydrogen-bond donors (Lipinski definition) is 3. The Hall–Kier alpha value is -0.760. The molecule has 9 heteroatoms. The fourth-order valence-corrected chi connectivity index (χ4v) is 6.13. The molecule has 1 amide bonds. The summed E-state index contributed by atoms with van der Waals surface area (Å²) in [5.74, 6) is -0.180. The Morgan fingerprint density at radius 3 is 1.61 bits per heavy atom. The molecule has 0 aromatic carbocycles. The van der Waals surface area contributed by atoms with Gasteiger partial charge in [0.15, 0.2) is 0 Å². The maximum absolute atomic E-state index is 12.7. The summed E-state index contributed by atoms with van der Waals surface area (Å²) in [5, 5.41) is 13.7. The molecule has 0 spiro atoms. The minimum absolute atomic E-state index is 0.0640. The molecule has 0 aliphatic rings. The highest BCUT2D eigenvalue weighted by Crippen LogP contribution is 2.43. The Labute approximate surface area is 284 Å². The molecule has 0 aromatic heterocycles. The molecule has 0 aliphatic carbocycles. The van der Waals surface area contributed by atoms with Crippen molar-refractivity contribution in [1.29, 1.82) is 0 Å². The molecule has 0 fully saturated rings. The number of aliphatic hydroxyl groups is 1. The second-order valence-corrected chi connectivity index (χ2v) is 15.8. The van der Waals surface area contributed by atoms with E-state index in [1.165, 1.54) is 109 Å². The van der Waals surface area contributed by atoms with Crippen LogP contribution in [0.15, 0.2) is 12.2 Å². The van der Waals surface area contributed by atoms with Crippen molar-refractivity contribution in [3.05, 3.63) is 12.2 Å². The number of phosphoric ester groups is 1. The largest absolute Gasteiger partial charge is 0.472 e. The number of carbonyl (C=O) groups excluding carboxylic acids is 1. The van der Waals surface area contributed by atoms with Crippen molar-refractivity contribution < 1.29 is 32.9 Å². The van der Waals surface area contributed by atoms with Crippen molar-refractivity contribution in [2.24, 2.45) is 0 Å². The number of allylic oxidation sites excluding steroid dienone is 1. The number of nitrogens with zero attached hydrogens (tertiary/aromatic N) is 1. The fraction of sp³-hybridized carbons (Fsp3) is 0.919. The standard InChI is InChI=1S/C37H75N2O6P/c1-6-8-10-12-14-16-18-19-20-21-22-24-26-28-30-36(40)35(34-45-46(42,43)44-33-32-39(3,4)5)38-37(41)31-29-27-25-23-17-15-13-11-9-7-2/h28,30,35-36,40H,6-27,29,31-34H2,1-5H3,(H-,38,41,42,43)/p+1/b30-28+. The SMILES string of the molecule is CCCCCCCCCCCCCC/C=C/C(O)C(COP(=O)(O)OCC[N+](C)(C)C)NC(=O)CCCCCCCCCCCC. The van der Waals surface area contributed by atoms with Crippen molar-refractivity contribution in [2.45, 2.75) is 180 Å². The fourth-order valence-electron chi connectivity index (χ4n) is 5.39. The third-order valence-electron chi connectivity index (χ3n) is 8.51. The van der Waals surface area contributed by atoms with Crippen LogP contribution in [0.2, 0.25) is 0 Å². The summed E-state index contributed by atoms with van der Waals surface area (Å²) in [7, 11) is 1.58. The van der Waals surface area contributed by atoms with Crippen LogP contribution >= 0.6 is 7.82 Å². The molecular formula is C37H76N2O6P+. The maximum Gasteiger partial charge on any atom is 0.472 e. The molecule has 0 rings (SSSR count). The number of amides is 1. The number of unbranched alkanes of at least 4 members (excludes halogenated alkanes) is 21. The molecule has 274 valence electrons. The van der Waals surface area contributed by atoms with Gasteiger partial charge in [-0.1, -0.05) is 154 Å². The first kappa shape index (κ1) is 45.2. The summed E-state index contributed by atoms with van der Waals surface area (Å²) >= 11 is 0. The number of rotatable bonds is 34. The van der Waals surface area contributed by atoms with Gasteiger partial charge in [-0.2, -0.15) is 0 Å². The van der Waals surface area contributed by atoms with E-state index < -0.39 is 20.0 Å². The van der Waals surface area contributed by atoms with Crippen LogP contribution in [0.5, 0.6) is 0 Å². The number of hydrogen-bond acceptors (Lipinski definition) is 5. The van der Waals surface area contributed by atoms with Crippen LogP contribution in [0.3, 0.4) is 0 Å². The van der Waals surface area contributed by atoms with Crippen LogP contribution < -0.4 is 5.32 Å². The highest BCUT2D eigenvalue weighted by molar-refractivity contribution is 7.47. The first-order valence-corrected chi connectivity index (χ1v) is 20.6. The molecular weight excluding hydrogens is 599 g/mol. The minimum Gasteiger partial charge on any atom is -0.387 e.